The van der Waals surface area contributed by atoms with Gasteiger partial charge >= 0.3 is 7.48 Å². The molecule has 2 heterocycles. The molecule has 165 valence electrons. The predicted octanol–water partition coefficient (Wildman–Crippen LogP) is 3.75. The zero-order chi connectivity index (χ0) is 22.2. The van der Waals surface area contributed by atoms with Crippen molar-refractivity contribution in [3.05, 3.63) is 35.9 Å². The van der Waals surface area contributed by atoms with Gasteiger partial charge in [0.2, 0.25) is 0 Å². The molecular weight excluding hydrogens is 381 g/mol. The zero-order valence-corrected chi connectivity index (χ0v) is 19.3. The van der Waals surface area contributed by atoms with Gasteiger partial charge in [0.05, 0.1) is 23.3 Å². The second-order valence-corrected chi connectivity index (χ2v) is 10.2. The monoisotopic (exact) mass is 416 g/mol. The third kappa shape index (κ3) is 5.45. The van der Waals surface area contributed by atoms with Crippen molar-refractivity contribution in [2.75, 3.05) is 19.9 Å². The lowest BCUT2D eigenvalue weighted by Crippen LogP contribution is -2.48. The van der Waals surface area contributed by atoms with E-state index < -0.39 is 16.8 Å². The maximum atomic E-state index is 10.4. The van der Waals surface area contributed by atoms with Crippen molar-refractivity contribution in [3.8, 4) is 5.75 Å². The fourth-order valence-corrected chi connectivity index (χ4v) is 3.22. The molecule has 7 heteroatoms. The molecule has 6 nitrogen and oxygen atoms in total. The van der Waals surface area contributed by atoms with E-state index in [2.05, 4.69) is 6.08 Å². The van der Waals surface area contributed by atoms with Crippen molar-refractivity contribution < 1.29 is 24.1 Å². The number of para-hydroxylation sites is 1. The second kappa shape index (κ2) is 8.28. The Kier molecular flexibility index (Phi) is 6.43. The highest BCUT2D eigenvalue weighted by atomic mass is 16.8. The van der Waals surface area contributed by atoms with E-state index in [4.69, 9.17) is 19.0 Å². The molecule has 1 fully saturated rings. The summed E-state index contributed by atoms with van der Waals surface area (Å²) in [7, 11) is 1.74. The molecule has 30 heavy (non-hydrogen) atoms. The first kappa shape index (κ1) is 23.3. The van der Waals surface area contributed by atoms with E-state index in [1.807, 2.05) is 63.9 Å². The number of hydrogen-bond donors (Lipinski definition) is 1. The van der Waals surface area contributed by atoms with Crippen LogP contribution in [0.3, 0.4) is 0 Å². The largest absolute Gasteiger partial charge is 0.481 e. The van der Waals surface area contributed by atoms with Gasteiger partial charge in [-0.3, -0.25) is 4.84 Å². The first-order valence-electron chi connectivity index (χ1n) is 10.6. The van der Waals surface area contributed by atoms with Crippen LogP contribution in [0.5, 0.6) is 5.75 Å². The van der Waals surface area contributed by atoms with Gasteiger partial charge in [-0.15, -0.1) is 0 Å². The third-order valence-electron chi connectivity index (χ3n) is 5.84. The molecule has 1 aromatic carbocycles. The lowest BCUT2D eigenvalue weighted by molar-refractivity contribution is -0.241. The number of ether oxygens (including phenoxy) is 2. The SMILES string of the molecule is CC(C)(C)OCON1CCC2(C=C([B]OC(C)(C)C(C)(C)O)c3ccccc3O2)C1. The molecule has 3 rings (SSSR count). The molecule has 1 radical (unpaired) electrons. The highest BCUT2D eigenvalue weighted by Gasteiger charge is 2.43. The average Bonchev–Trinajstić information content (AvgIpc) is 2.99. The first-order chi connectivity index (χ1) is 13.8. The lowest BCUT2D eigenvalue weighted by atomic mass is 9.75. The molecule has 2 aliphatic rings. The first-order valence-corrected chi connectivity index (χ1v) is 10.6. The Morgan fingerprint density at radius 1 is 1.13 bits per heavy atom. The van der Waals surface area contributed by atoms with Gasteiger partial charge < -0.3 is 19.2 Å². The van der Waals surface area contributed by atoms with Crippen LogP contribution < -0.4 is 4.74 Å². The van der Waals surface area contributed by atoms with Gasteiger partial charge in [-0.05, 0) is 66.1 Å². The topological polar surface area (TPSA) is 60.4 Å². The standard InChI is InChI=1S/C23H35BNO5/c1-20(2,3)27-16-28-25-13-12-23(15-25)14-18(17-10-8-9-11-19(17)29-23)24-30-22(6,7)21(4,5)26/h8-11,14,26H,12-13,15-16H2,1-7H3. The summed E-state index contributed by atoms with van der Waals surface area (Å²) in [5, 5.41) is 12.3. The van der Waals surface area contributed by atoms with Crippen LogP contribution in [0.4, 0.5) is 0 Å². The molecule has 0 aliphatic carbocycles. The number of rotatable bonds is 7. The van der Waals surface area contributed by atoms with Gasteiger partial charge in [-0.2, -0.15) is 5.06 Å². The van der Waals surface area contributed by atoms with E-state index in [1.165, 1.54) is 0 Å². The Hall–Kier alpha value is -1.38. The molecule has 2 aliphatic heterocycles. The summed E-state index contributed by atoms with van der Waals surface area (Å²) >= 11 is 0. The summed E-state index contributed by atoms with van der Waals surface area (Å²) in [5.74, 6) is 0.823. The highest BCUT2D eigenvalue weighted by molar-refractivity contribution is 6.55. The van der Waals surface area contributed by atoms with Crippen molar-refractivity contribution in [1.82, 2.24) is 5.06 Å². The summed E-state index contributed by atoms with van der Waals surface area (Å²) in [4.78, 5) is 5.82. The van der Waals surface area contributed by atoms with Gasteiger partial charge in [-0.1, -0.05) is 18.2 Å². The Morgan fingerprint density at radius 2 is 1.83 bits per heavy atom. The minimum Gasteiger partial charge on any atom is -0.481 e. The van der Waals surface area contributed by atoms with Crippen molar-refractivity contribution >= 4 is 13.0 Å². The van der Waals surface area contributed by atoms with Crippen LogP contribution in [0.2, 0.25) is 0 Å². The minimum atomic E-state index is -0.989. The average molecular weight is 416 g/mol. The fourth-order valence-electron chi connectivity index (χ4n) is 3.22. The van der Waals surface area contributed by atoms with Crippen LogP contribution in [0.15, 0.2) is 30.3 Å². The van der Waals surface area contributed by atoms with Crippen LogP contribution >= 0.6 is 0 Å². The van der Waals surface area contributed by atoms with Gasteiger partial charge in [0.25, 0.3) is 0 Å². The Bertz CT molecular complexity index is 781. The smallest absolute Gasteiger partial charge is 0.331 e. The summed E-state index contributed by atoms with van der Waals surface area (Å²) in [6.07, 6.45) is 2.91. The summed E-state index contributed by atoms with van der Waals surface area (Å²) in [6.45, 7) is 14.8. The van der Waals surface area contributed by atoms with Crippen molar-refractivity contribution in [2.24, 2.45) is 0 Å². The summed E-state index contributed by atoms with van der Waals surface area (Å²) < 4.78 is 18.2. The summed E-state index contributed by atoms with van der Waals surface area (Å²) in [6, 6.07) is 7.95. The number of nitrogens with zero attached hydrogens (tertiary/aromatic N) is 1. The Balaban J connectivity index is 1.75. The quantitative estimate of drug-likeness (QED) is 0.540. The molecule has 1 saturated heterocycles. The van der Waals surface area contributed by atoms with Crippen LogP contribution in [0.1, 0.15) is 60.5 Å². The maximum absolute atomic E-state index is 10.4. The zero-order valence-electron chi connectivity index (χ0n) is 19.3. The highest BCUT2D eigenvalue weighted by Crippen LogP contribution is 2.40. The molecular formula is C23H35BNO5. The maximum Gasteiger partial charge on any atom is 0.331 e. The second-order valence-electron chi connectivity index (χ2n) is 10.2. The number of hydroxylamine groups is 2. The molecule has 1 spiro atoms. The van der Waals surface area contributed by atoms with E-state index in [0.717, 1.165) is 29.8 Å². The van der Waals surface area contributed by atoms with Crippen LogP contribution in [0, 0.1) is 0 Å². The molecule has 1 aromatic rings. The van der Waals surface area contributed by atoms with Crippen molar-refractivity contribution in [2.45, 2.75) is 77.3 Å². The fraction of sp³-hybridized carbons (Fsp3) is 0.652. The molecule has 0 saturated carbocycles. The molecule has 1 unspecified atom stereocenters. The third-order valence-corrected chi connectivity index (χ3v) is 5.84. The predicted molar refractivity (Wildman–Crippen MR) is 118 cm³/mol. The summed E-state index contributed by atoms with van der Waals surface area (Å²) in [5.41, 5.74) is -0.554. The van der Waals surface area contributed by atoms with Crippen molar-refractivity contribution in [3.63, 3.8) is 0 Å². The van der Waals surface area contributed by atoms with Gasteiger partial charge in [-0.25, -0.2) is 0 Å². The van der Waals surface area contributed by atoms with Crippen LogP contribution in [-0.4, -0.2) is 59.9 Å². The van der Waals surface area contributed by atoms with E-state index in [9.17, 15) is 5.11 Å². The molecule has 1 N–H and O–H groups in total. The number of benzene rings is 1. The number of hydrogen-bond acceptors (Lipinski definition) is 6. The van der Waals surface area contributed by atoms with E-state index >= 15 is 0 Å². The van der Waals surface area contributed by atoms with E-state index in [1.54, 1.807) is 21.3 Å². The van der Waals surface area contributed by atoms with Crippen LogP contribution in [0.25, 0.3) is 5.47 Å². The van der Waals surface area contributed by atoms with Gasteiger partial charge in [0, 0.05) is 18.5 Å². The van der Waals surface area contributed by atoms with Gasteiger partial charge in [0.1, 0.15) is 11.4 Å². The Labute approximate surface area is 181 Å². The van der Waals surface area contributed by atoms with Crippen LogP contribution in [-0.2, 0) is 14.2 Å². The normalized spacial score (nSPS) is 22.6. The molecule has 0 aromatic heterocycles. The number of fused-ring (bicyclic) bond motifs is 1. The molecule has 1 atom stereocenters. The Morgan fingerprint density at radius 3 is 2.50 bits per heavy atom. The van der Waals surface area contributed by atoms with E-state index in [0.29, 0.717) is 6.54 Å². The minimum absolute atomic E-state index is 0.210. The molecule has 0 amide bonds. The van der Waals surface area contributed by atoms with E-state index in [-0.39, 0.29) is 12.4 Å². The van der Waals surface area contributed by atoms with Gasteiger partial charge in [0.15, 0.2) is 6.79 Å². The number of aliphatic hydroxyl groups is 1. The molecule has 0 bridgehead atoms. The lowest BCUT2D eigenvalue weighted by Gasteiger charge is -2.39. The van der Waals surface area contributed by atoms with Crippen molar-refractivity contribution in [1.29, 1.82) is 0 Å².